The molecule has 1 amide bonds. The molecule has 286 valence electrons. The van der Waals surface area contributed by atoms with Gasteiger partial charge in [0.15, 0.2) is 5.78 Å². The molecule has 2 bridgehead atoms. The molecule has 3 N–H and O–H groups in total. The van der Waals surface area contributed by atoms with Gasteiger partial charge in [0.2, 0.25) is 5.91 Å². The normalized spacial score (nSPS) is 27.0. The van der Waals surface area contributed by atoms with Crippen LogP contribution in [-0.4, -0.2) is 70.4 Å². The van der Waals surface area contributed by atoms with Gasteiger partial charge in [0.25, 0.3) is 0 Å². The van der Waals surface area contributed by atoms with E-state index in [9.17, 15) is 19.8 Å². The fraction of sp³-hybridized carbons (Fsp3) is 0.417. The molecule has 2 heterocycles. The number of aliphatic hydroxyl groups excluding tert-OH is 1. The van der Waals surface area contributed by atoms with E-state index in [1.807, 2.05) is 78.9 Å². The fourth-order valence-electron chi connectivity index (χ4n) is 10.4. The van der Waals surface area contributed by atoms with Crippen molar-refractivity contribution in [3.05, 3.63) is 137 Å². The Hall–Kier alpha value is -4.56. The number of anilines is 1. The summed E-state index contributed by atoms with van der Waals surface area (Å²) < 4.78 is 0. The summed E-state index contributed by atoms with van der Waals surface area (Å²) in [5.74, 6) is 0.0182. The summed E-state index contributed by atoms with van der Waals surface area (Å²) in [6.45, 7) is 6.88. The number of para-hydroxylation sites is 1. The van der Waals surface area contributed by atoms with Crippen molar-refractivity contribution < 1.29 is 19.8 Å². The fourth-order valence-corrected chi connectivity index (χ4v) is 10.4. The maximum Gasteiger partial charge on any atom is 0.247 e. The van der Waals surface area contributed by atoms with Crippen LogP contribution >= 0.6 is 0 Å². The Balaban J connectivity index is 1.13. The van der Waals surface area contributed by atoms with Gasteiger partial charge in [0.05, 0.1) is 18.4 Å². The zero-order chi connectivity index (χ0) is 38.2. The molecule has 2 aliphatic heterocycles. The Labute approximate surface area is 326 Å². The highest BCUT2D eigenvalue weighted by atomic mass is 16.3. The minimum Gasteiger partial charge on any atom is -0.393 e. The third kappa shape index (κ3) is 6.96. The topological polar surface area (TPSA) is 93.1 Å². The monoisotopic (exact) mass is 737 g/mol. The quantitative estimate of drug-likeness (QED) is 0.137. The maximum atomic E-state index is 15.0. The van der Waals surface area contributed by atoms with Crippen LogP contribution in [0.15, 0.2) is 115 Å². The van der Waals surface area contributed by atoms with Crippen LogP contribution in [0.1, 0.15) is 98.2 Å². The van der Waals surface area contributed by atoms with Crippen LogP contribution in [0.25, 0.3) is 11.1 Å². The molecule has 4 atom stereocenters. The Bertz CT molecular complexity index is 2060. The van der Waals surface area contributed by atoms with E-state index in [-0.39, 0.29) is 17.6 Å². The highest BCUT2D eigenvalue weighted by Crippen LogP contribution is 2.59. The van der Waals surface area contributed by atoms with Crippen molar-refractivity contribution in [3.8, 4) is 11.1 Å². The first-order valence-corrected chi connectivity index (χ1v) is 20.3. The number of hydrogen-bond acceptors (Lipinski definition) is 6. The first kappa shape index (κ1) is 37.4. The number of hydrogen-bond donors (Lipinski definition) is 3. The number of allylic oxidation sites excluding steroid dienone is 2. The first-order valence-electron chi connectivity index (χ1n) is 20.3. The highest BCUT2D eigenvalue weighted by Gasteiger charge is 2.58. The van der Waals surface area contributed by atoms with Crippen LogP contribution in [0, 0.1) is 5.41 Å². The molecule has 3 aliphatic carbocycles. The molecule has 9 rings (SSSR count). The minimum absolute atomic E-state index is 0.0226. The third-order valence-electron chi connectivity index (χ3n) is 13.7. The third-order valence-corrected chi connectivity index (χ3v) is 13.7. The van der Waals surface area contributed by atoms with E-state index in [0.717, 1.165) is 66.7 Å². The van der Waals surface area contributed by atoms with Crippen LogP contribution in [0.5, 0.6) is 0 Å². The van der Waals surface area contributed by atoms with E-state index in [4.69, 9.17) is 0 Å². The molecule has 3 fully saturated rings. The predicted octanol–water partition coefficient (Wildman–Crippen LogP) is 8.05. The number of β-amino-alcohol motifs (C(OH)–C–C–N with tert-alkyl or cyclic N) is 1. The SMILES string of the molecule is CC1=CCCC2(C)C(CCC2(O)CN2CCC3(CC2)C(=O)NCN3c2ccccc2)c2ccc(cc2C(=O)c2ccccc2-c2ccccc2)CC(O)CC1. The number of carbonyl (C=O) groups excluding carboxylic acids is 2. The van der Waals surface area contributed by atoms with Gasteiger partial charge in [-0.15, -0.1) is 0 Å². The number of benzene rings is 4. The van der Waals surface area contributed by atoms with Gasteiger partial charge in [-0.25, -0.2) is 0 Å². The maximum absolute atomic E-state index is 15.0. The number of ketones is 1. The van der Waals surface area contributed by atoms with Gasteiger partial charge in [-0.05, 0) is 111 Å². The second-order valence-electron chi connectivity index (χ2n) is 16.9. The van der Waals surface area contributed by atoms with Crippen LogP contribution in [-0.2, 0) is 11.2 Å². The number of nitrogens with zero attached hydrogens (tertiary/aromatic N) is 2. The van der Waals surface area contributed by atoms with E-state index in [0.29, 0.717) is 56.4 Å². The minimum atomic E-state index is -1.00. The summed E-state index contributed by atoms with van der Waals surface area (Å²) in [7, 11) is 0. The van der Waals surface area contributed by atoms with Crippen molar-refractivity contribution in [1.82, 2.24) is 10.2 Å². The average molecular weight is 738 g/mol. The highest BCUT2D eigenvalue weighted by molar-refractivity contribution is 6.14. The Morgan fingerprint density at radius 3 is 2.33 bits per heavy atom. The van der Waals surface area contributed by atoms with E-state index in [1.54, 1.807) is 0 Å². The van der Waals surface area contributed by atoms with Crippen LogP contribution in [0.3, 0.4) is 0 Å². The Morgan fingerprint density at radius 1 is 0.855 bits per heavy atom. The Morgan fingerprint density at radius 2 is 1.56 bits per heavy atom. The van der Waals surface area contributed by atoms with E-state index < -0.39 is 22.7 Å². The predicted molar refractivity (Wildman–Crippen MR) is 219 cm³/mol. The number of likely N-dealkylation sites (tertiary alicyclic amines) is 1. The lowest BCUT2D eigenvalue weighted by Gasteiger charge is -2.49. The summed E-state index contributed by atoms with van der Waals surface area (Å²) in [5.41, 5.74) is 5.36. The molecule has 7 heteroatoms. The first-order chi connectivity index (χ1) is 26.6. The zero-order valence-corrected chi connectivity index (χ0v) is 32.3. The molecule has 7 nitrogen and oxygen atoms in total. The van der Waals surface area contributed by atoms with Crippen molar-refractivity contribution in [2.45, 2.75) is 94.8 Å². The summed E-state index contributed by atoms with van der Waals surface area (Å²) >= 11 is 0. The molecular weight excluding hydrogens is 683 g/mol. The molecule has 55 heavy (non-hydrogen) atoms. The van der Waals surface area contributed by atoms with Gasteiger partial charge in [0.1, 0.15) is 5.54 Å². The van der Waals surface area contributed by atoms with Gasteiger partial charge in [-0.1, -0.05) is 104 Å². The zero-order valence-electron chi connectivity index (χ0n) is 32.3. The number of nitrogens with one attached hydrogen (secondary N) is 1. The number of aliphatic hydroxyl groups is 2. The molecule has 2 saturated heterocycles. The molecule has 1 spiro atoms. The molecule has 1 saturated carbocycles. The largest absolute Gasteiger partial charge is 0.393 e. The molecule has 0 aromatic heterocycles. The number of fused-ring (bicyclic) bond motifs is 8. The molecular formula is C48H55N3O4. The molecule has 0 radical (unpaired) electrons. The van der Waals surface area contributed by atoms with Crippen molar-refractivity contribution in [2.75, 3.05) is 31.2 Å². The van der Waals surface area contributed by atoms with Crippen LogP contribution in [0.4, 0.5) is 5.69 Å². The van der Waals surface area contributed by atoms with Crippen molar-refractivity contribution >= 4 is 17.4 Å². The Kier molecular flexibility index (Phi) is 10.3. The summed E-state index contributed by atoms with van der Waals surface area (Å²) in [6.07, 6.45) is 8.10. The van der Waals surface area contributed by atoms with E-state index in [1.165, 1.54) is 5.57 Å². The second-order valence-corrected chi connectivity index (χ2v) is 16.9. The molecule has 4 aromatic rings. The van der Waals surface area contributed by atoms with E-state index in [2.05, 4.69) is 59.3 Å². The van der Waals surface area contributed by atoms with Crippen molar-refractivity contribution in [3.63, 3.8) is 0 Å². The number of amides is 1. The summed E-state index contributed by atoms with van der Waals surface area (Å²) in [4.78, 5) is 33.0. The van der Waals surface area contributed by atoms with E-state index >= 15 is 0 Å². The lowest BCUT2D eigenvalue weighted by molar-refractivity contribution is -0.126. The van der Waals surface area contributed by atoms with Crippen LogP contribution in [0.2, 0.25) is 0 Å². The number of rotatable bonds is 6. The van der Waals surface area contributed by atoms with Crippen LogP contribution < -0.4 is 10.2 Å². The smallest absolute Gasteiger partial charge is 0.247 e. The lowest BCUT2D eigenvalue weighted by atomic mass is 9.64. The van der Waals surface area contributed by atoms with Gasteiger partial charge < -0.3 is 25.3 Å². The summed E-state index contributed by atoms with van der Waals surface area (Å²) in [6, 6.07) is 34.4. The molecule has 4 aromatic carbocycles. The van der Waals surface area contributed by atoms with Gasteiger partial charge in [-0.2, -0.15) is 0 Å². The number of carbonyl (C=O) groups is 2. The lowest BCUT2D eigenvalue weighted by Crippen LogP contribution is -2.59. The molecule has 5 aliphatic rings. The second kappa shape index (κ2) is 15.2. The standard InChI is InChI=1S/C48H55N3O4/c1-34-12-11-24-46(2)43(23-25-48(46,55)32-50-28-26-47(27-29-50)45(54)49-33-51(47)37-15-7-4-8-16-37)40-22-20-35(30-38(52)21-19-34)31-42(40)44(53)41-18-10-9-17-39(41)36-13-5-3-6-14-36/h3-10,12-18,20,22,31,38,43,52,55H,11,19,21,23-30,32-33H2,1-2H3,(H,49,54). The van der Waals surface area contributed by atoms with Gasteiger partial charge in [-0.3, -0.25) is 9.59 Å². The van der Waals surface area contributed by atoms with Crippen molar-refractivity contribution in [2.24, 2.45) is 5.41 Å². The van der Waals surface area contributed by atoms with Gasteiger partial charge >= 0.3 is 0 Å². The average Bonchev–Trinajstić information content (AvgIpc) is 3.65. The van der Waals surface area contributed by atoms with Crippen molar-refractivity contribution in [1.29, 1.82) is 0 Å². The summed E-state index contributed by atoms with van der Waals surface area (Å²) in [5, 5.41) is 27.3. The molecule has 4 unspecified atom stereocenters. The van der Waals surface area contributed by atoms with Gasteiger partial charge in [0, 0.05) is 41.9 Å². The number of piperidine rings is 1.